The number of carboxylic acid groups (broad SMARTS) is 1. The molecule has 0 spiro atoms. The van der Waals surface area contributed by atoms with Crippen molar-refractivity contribution in [1.29, 1.82) is 0 Å². The first kappa shape index (κ1) is 12.5. The van der Waals surface area contributed by atoms with Crippen LogP contribution in [0.5, 0.6) is 0 Å². The Hall–Kier alpha value is -0.950. The molecule has 1 atom stereocenters. The van der Waals surface area contributed by atoms with E-state index >= 15 is 0 Å². The van der Waals surface area contributed by atoms with Crippen molar-refractivity contribution in [3.8, 4) is 0 Å². The normalized spacial score (nSPS) is 19.9. The van der Waals surface area contributed by atoms with Gasteiger partial charge in [-0.25, -0.2) is 4.98 Å². The quantitative estimate of drug-likeness (QED) is 0.857. The molecule has 1 aliphatic heterocycles. The molecule has 0 aliphatic carbocycles. The number of amides is 1. The van der Waals surface area contributed by atoms with Gasteiger partial charge >= 0.3 is 5.97 Å². The number of carbonyl (C=O) groups excluding carboxylic acids is 1. The summed E-state index contributed by atoms with van der Waals surface area (Å²) in [5.41, 5.74) is 0.734. The number of carbonyl (C=O) groups is 2. The summed E-state index contributed by atoms with van der Waals surface area (Å²) in [7, 11) is 0. The van der Waals surface area contributed by atoms with Gasteiger partial charge in [-0.1, -0.05) is 15.9 Å². The van der Waals surface area contributed by atoms with Crippen LogP contribution in [0.1, 0.15) is 18.5 Å². The predicted molar refractivity (Wildman–Crippen MR) is 67.8 cm³/mol. The van der Waals surface area contributed by atoms with Gasteiger partial charge in [0.1, 0.15) is 0 Å². The van der Waals surface area contributed by atoms with Gasteiger partial charge < -0.3 is 5.11 Å². The van der Waals surface area contributed by atoms with Crippen molar-refractivity contribution in [2.24, 2.45) is 0 Å². The number of rotatable bonds is 4. The average Bonchev–Trinajstić information content (AvgIpc) is 2.82. The van der Waals surface area contributed by atoms with Crippen LogP contribution in [0, 0.1) is 0 Å². The average molecular weight is 319 g/mol. The Morgan fingerprint density at radius 2 is 2.47 bits per heavy atom. The highest BCUT2D eigenvalue weighted by molar-refractivity contribution is 9.09. The van der Waals surface area contributed by atoms with Gasteiger partial charge in [-0.15, -0.1) is 11.3 Å². The molecule has 17 heavy (non-hydrogen) atoms. The van der Waals surface area contributed by atoms with Crippen molar-refractivity contribution in [3.63, 3.8) is 0 Å². The van der Waals surface area contributed by atoms with Gasteiger partial charge in [-0.3, -0.25) is 14.5 Å². The minimum Gasteiger partial charge on any atom is -0.481 e. The summed E-state index contributed by atoms with van der Waals surface area (Å²) in [5, 5.41) is 11.1. The lowest BCUT2D eigenvalue weighted by Gasteiger charge is -2.10. The summed E-state index contributed by atoms with van der Waals surface area (Å²) in [4.78, 5) is 28.2. The highest BCUT2D eigenvalue weighted by Crippen LogP contribution is 2.28. The number of carboxylic acids is 1. The van der Waals surface area contributed by atoms with E-state index in [2.05, 4.69) is 20.9 Å². The molecule has 0 saturated carbocycles. The first-order valence-electron chi connectivity index (χ1n) is 5.17. The predicted octanol–water partition coefficient (Wildman–Crippen LogP) is 1.66. The van der Waals surface area contributed by atoms with Crippen LogP contribution < -0.4 is 4.90 Å². The van der Waals surface area contributed by atoms with Crippen molar-refractivity contribution in [1.82, 2.24) is 4.98 Å². The lowest BCUT2D eigenvalue weighted by Crippen LogP contribution is -2.24. The molecule has 1 N–H and O–H groups in total. The fraction of sp³-hybridized carbons (Fsp3) is 0.500. The van der Waals surface area contributed by atoms with Crippen LogP contribution in [0.2, 0.25) is 0 Å². The molecule has 1 unspecified atom stereocenters. The summed E-state index contributed by atoms with van der Waals surface area (Å²) in [6.45, 7) is 0.630. The fourth-order valence-electron chi connectivity index (χ4n) is 1.62. The Labute approximate surface area is 111 Å². The van der Waals surface area contributed by atoms with Crippen molar-refractivity contribution in [2.75, 3.05) is 11.4 Å². The van der Waals surface area contributed by atoms with Crippen LogP contribution in [0.15, 0.2) is 5.38 Å². The Kier molecular flexibility index (Phi) is 3.78. The third kappa shape index (κ3) is 3.04. The van der Waals surface area contributed by atoms with Gasteiger partial charge in [-0.05, 0) is 0 Å². The summed E-state index contributed by atoms with van der Waals surface area (Å²) < 4.78 is 0. The van der Waals surface area contributed by atoms with Crippen molar-refractivity contribution in [2.45, 2.75) is 24.1 Å². The standard InChI is InChI=1S/C10H11BrN2O3S/c11-6-3-8(14)13(4-6)10-12-7(5-17-10)1-2-9(15)16/h5-6H,1-4H2,(H,15,16). The van der Waals surface area contributed by atoms with Gasteiger partial charge in [-0.2, -0.15) is 0 Å². The smallest absolute Gasteiger partial charge is 0.303 e. The van der Waals surface area contributed by atoms with Gasteiger partial charge in [0, 0.05) is 29.6 Å². The molecule has 2 rings (SSSR count). The van der Waals surface area contributed by atoms with E-state index in [0.717, 1.165) is 5.69 Å². The van der Waals surface area contributed by atoms with E-state index in [-0.39, 0.29) is 17.2 Å². The second-order valence-corrected chi connectivity index (χ2v) is 5.95. The summed E-state index contributed by atoms with van der Waals surface area (Å²) in [6, 6.07) is 0. The van der Waals surface area contributed by atoms with Crippen LogP contribution in [0.4, 0.5) is 5.13 Å². The Morgan fingerprint density at radius 1 is 1.71 bits per heavy atom. The molecule has 0 bridgehead atoms. The summed E-state index contributed by atoms with van der Waals surface area (Å²) >= 11 is 4.79. The van der Waals surface area contributed by atoms with Crippen LogP contribution >= 0.6 is 27.3 Å². The van der Waals surface area contributed by atoms with E-state index < -0.39 is 5.97 Å². The number of nitrogens with zero attached hydrogens (tertiary/aromatic N) is 2. The third-order valence-corrected chi connectivity index (χ3v) is 3.97. The number of alkyl halides is 1. The highest BCUT2D eigenvalue weighted by Gasteiger charge is 2.30. The Bertz CT molecular complexity index is 449. The number of hydrogen-bond acceptors (Lipinski definition) is 4. The maximum absolute atomic E-state index is 11.6. The maximum atomic E-state index is 11.6. The lowest BCUT2D eigenvalue weighted by molar-refractivity contribution is -0.137. The largest absolute Gasteiger partial charge is 0.481 e. The van der Waals surface area contributed by atoms with E-state index in [4.69, 9.17) is 5.11 Å². The monoisotopic (exact) mass is 318 g/mol. The van der Waals surface area contributed by atoms with E-state index in [1.807, 2.05) is 5.38 Å². The van der Waals surface area contributed by atoms with E-state index in [9.17, 15) is 9.59 Å². The van der Waals surface area contributed by atoms with Crippen LogP contribution in [-0.2, 0) is 16.0 Å². The molecule has 1 aliphatic rings. The molecule has 2 heterocycles. The molecule has 92 valence electrons. The van der Waals surface area contributed by atoms with Crippen molar-refractivity contribution in [3.05, 3.63) is 11.1 Å². The van der Waals surface area contributed by atoms with Crippen LogP contribution in [-0.4, -0.2) is 33.3 Å². The molecular formula is C10H11BrN2O3S. The van der Waals surface area contributed by atoms with Crippen LogP contribution in [0.3, 0.4) is 0 Å². The molecule has 1 aromatic rings. The Morgan fingerprint density at radius 3 is 3.06 bits per heavy atom. The lowest BCUT2D eigenvalue weighted by atomic mass is 10.2. The summed E-state index contributed by atoms with van der Waals surface area (Å²) in [5.74, 6) is -0.775. The molecule has 5 nitrogen and oxygen atoms in total. The van der Waals surface area contributed by atoms with Crippen molar-refractivity contribution >= 4 is 44.3 Å². The first-order chi connectivity index (χ1) is 8.06. The molecule has 1 saturated heterocycles. The molecule has 7 heteroatoms. The van der Waals surface area contributed by atoms with Gasteiger partial charge in [0.05, 0.1) is 12.1 Å². The van der Waals surface area contributed by atoms with E-state index in [0.29, 0.717) is 24.5 Å². The van der Waals surface area contributed by atoms with Crippen molar-refractivity contribution < 1.29 is 14.7 Å². The molecule has 0 aromatic carbocycles. The SMILES string of the molecule is O=C(O)CCc1csc(N2CC(Br)CC2=O)n1. The molecular weight excluding hydrogens is 308 g/mol. The second kappa shape index (κ2) is 5.14. The van der Waals surface area contributed by atoms with Gasteiger partial charge in [0.25, 0.3) is 0 Å². The first-order valence-corrected chi connectivity index (χ1v) is 6.96. The molecule has 0 radical (unpaired) electrons. The third-order valence-electron chi connectivity index (χ3n) is 2.44. The number of hydrogen-bond donors (Lipinski definition) is 1. The van der Waals surface area contributed by atoms with Gasteiger partial charge in [0.15, 0.2) is 5.13 Å². The number of aliphatic carboxylic acids is 1. The Balaban J connectivity index is 2.03. The fourth-order valence-corrected chi connectivity index (χ4v) is 3.07. The van der Waals surface area contributed by atoms with Crippen LogP contribution in [0.25, 0.3) is 0 Å². The minimum atomic E-state index is -0.836. The number of aromatic nitrogens is 1. The number of anilines is 1. The summed E-state index contributed by atoms with van der Waals surface area (Å²) in [6.07, 6.45) is 0.966. The second-order valence-electron chi connectivity index (χ2n) is 3.82. The van der Waals surface area contributed by atoms with Gasteiger partial charge in [0.2, 0.25) is 5.91 Å². The van der Waals surface area contributed by atoms with E-state index in [1.54, 1.807) is 4.90 Å². The highest BCUT2D eigenvalue weighted by atomic mass is 79.9. The number of halogens is 1. The maximum Gasteiger partial charge on any atom is 0.303 e. The minimum absolute atomic E-state index is 0.0611. The zero-order chi connectivity index (χ0) is 12.4. The molecule has 1 aromatic heterocycles. The molecule has 1 fully saturated rings. The number of thiazole rings is 1. The molecule has 1 amide bonds. The number of aryl methyl sites for hydroxylation is 1. The van der Waals surface area contributed by atoms with E-state index in [1.165, 1.54) is 11.3 Å². The zero-order valence-corrected chi connectivity index (χ0v) is 11.3. The topological polar surface area (TPSA) is 70.5 Å². The zero-order valence-electron chi connectivity index (χ0n) is 8.93.